The minimum absolute atomic E-state index is 0.0147. The van der Waals surface area contributed by atoms with E-state index in [2.05, 4.69) is 0 Å². The van der Waals surface area contributed by atoms with E-state index < -0.39 is 0 Å². The summed E-state index contributed by atoms with van der Waals surface area (Å²) in [6.45, 7) is 1.93. The summed E-state index contributed by atoms with van der Waals surface area (Å²) in [7, 11) is 1.63. The van der Waals surface area contributed by atoms with Crippen LogP contribution in [0.3, 0.4) is 0 Å². The molecule has 0 aromatic heterocycles. The van der Waals surface area contributed by atoms with Crippen LogP contribution in [0.25, 0.3) is 5.57 Å². The average Bonchev–Trinajstić information content (AvgIpc) is 2.48. The lowest BCUT2D eigenvalue weighted by atomic mass is 10.0. The van der Waals surface area contributed by atoms with Gasteiger partial charge in [0.15, 0.2) is 5.78 Å². The monoisotopic (exact) mass is 252 g/mol. The van der Waals surface area contributed by atoms with Crippen LogP contribution in [0.1, 0.15) is 22.8 Å². The van der Waals surface area contributed by atoms with E-state index in [0.717, 1.165) is 16.9 Å². The number of carbonyl (C=O) groups excluding carboxylic acids is 1. The van der Waals surface area contributed by atoms with Gasteiger partial charge in [0.1, 0.15) is 5.75 Å². The van der Waals surface area contributed by atoms with Crippen LogP contribution in [-0.2, 0) is 0 Å². The maximum Gasteiger partial charge on any atom is 0.186 e. The van der Waals surface area contributed by atoms with Crippen LogP contribution in [0.2, 0.25) is 0 Å². The molecule has 0 amide bonds. The maximum absolute atomic E-state index is 12.1. The number of rotatable bonds is 4. The van der Waals surface area contributed by atoms with E-state index in [1.54, 1.807) is 13.2 Å². The quantitative estimate of drug-likeness (QED) is 0.607. The third-order valence-electron chi connectivity index (χ3n) is 2.93. The summed E-state index contributed by atoms with van der Waals surface area (Å²) in [5, 5.41) is 0. The van der Waals surface area contributed by atoms with E-state index >= 15 is 0 Å². The Labute approximate surface area is 113 Å². The van der Waals surface area contributed by atoms with E-state index in [1.165, 1.54) is 0 Å². The third-order valence-corrected chi connectivity index (χ3v) is 2.93. The Balaban J connectivity index is 2.25. The molecule has 0 spiro atoms. The third kappa shape index (κ3) is 3.32. The minimum Gasteiger partial charge on any atom is -0.497 e. The molecule has 2 aromatic rings. The van der Waals surface area contributed by atoms with Gasteiger partial charge in [-0.2, -0.15) is 0 Å². The van der Waals surface area contributed by atoms with Gasteiger partial charge >= 0.3 is 0 Å². The lowest BCUT2D eigenvalue weighted by Crippen LogP contribution is -1.95. The first-order valence-electron chi connectivity index (χ1n) is 6.13. The van der Waals surface area contributed by atoms with Gasteiger partial charge in [-0.15, -0.1) is 0 Å². The predicted octanol–water partition coefficient (Wildman–Crippen LogP) is 3.98. The van der Waals surface area contributed by atoms with Gasteiger partial charge in [-0.3, -0.25) is 4.79 Å². The molecule has 96 valence electrons. The second-order valence-electron chi connectivity index (χ2n) is 4.29. The number of allylic oxidation sites excluding steroid dienone is 2. The van der Waals surface area contributed by atoms with Crippen molar-refractivity contribution < 1.29 is 9.53 Å². The summed E-state index contributed by atoms with van der Waals surface area (Å²) < 4.78 is 5.18. The lowest BCUT2D eigenvalue weighted by molar-refractivity contribution is 0.104. The molecule has 19 heavy (non-hydrogen) atoms. The number of ether oxygens (including phenoxy) is 1. The van der Waals surface area contributed by atoms with E-state index in [0.29, 0.717) is 5.56 Å². The second kappa shape index (κ2) is 6.01. The fraction of sp³-hybridized carbons (Fsp3) is 0.118. The summed E-state index contributed by atoms with van der Waals surface area (Å²) >= 11 is 0. The molecule has 0 aliphatic rings. The summed E-state index contributed by atoms with van der Waals surface area (Å²) in [5.41, 5.74) is 2.61. The molecule has 0 N–H and O–H groups in total. The molecule has 2 heteroatoms. The van der Waals surface area contributed by atoms with Gasteiger partial charge in [-0.1, -0.05) is 42.5 Å². The van der Waals surface area contributed by atoms with Crippen molar-refractivity contribution in [2.45, 2.75) is 6.92 Å². The van der Waals surface area contributed by atoms with E-state index in [1.807, 2.05) is 61.5 Å². The SMILES string of the molecule is COc1cccc(/C(C)=C/C(=O)c2ccccc2)c1. The zero-order valence-corrected chi connectivity index (χ0v) is 11.1. The van der Waals surface area contributed by atoms with Crippen molar-refractivity contribution in [3.05, 3.63) is 71.8 Å². The first kappa shape index (κ1) is 13.1. The largest absolute Gasteiger partial charge is 0.497 e. The first-order valence-corrected chi connectivity index (χ1v) is 6.13. The Hall–Kier alpha value is -2.35. The van der Waals surface area contributed by atoms with Crippen LogP contribution < -0.4 is 4.74 Å². The number of carbonyl (C=O) groups is 1. The molecule has 0 saturated heterocycles. The Morgan fingerprint density at radius 1 is 1.00 bits per heavy atom. The molecule has 0 atom stereocenters. The zero-order chi connectivity index (χ0) is 13.7. The van der Waals surface area contributed by atoms with Crippen molar-refractivity contribution in [3.63, 3.8) is 0 Å². The Morgan fingerprint density at radius 2 is 1.68 bits per heavy atom. The van der Waals surface area contributed by atoms with Crippen LogP contribution in [0.4, 0.5) is 0 Å². The highest BCUT2D eigenvalue weighted by Gasteiger charge is 2.04. The molecule has 0 unspecified atom stereocenters. The van der Waals surface area contributed by atoms with Crippen LogP contribution >= 0.6 is 0 Å². The van der Waals surface area contributed by atoms with Gasteiger partial charge < -0.3 is 4.74 Å². The van der Waals surface area contributed by atoms with Crippen molar-refractivity contribution in [1.82, 2.24) is 0 Å². The Bertz CT molecular complexity index is 598. The number of hydrogen-bond acceptors (Lipinski definition) is 2. The molecule has 2 nitrogen and oxygen atoms in total. The molecule has 0 saturated carbocycles. The fourth-order valence-electron chi connectivity index (χ4n) is 1.83. The summed E-state index contributed by atoms with van der Waals surface area (Å²) in [6, 6.07) is 16.9. The van der Waals surface area contributed by atoms with Crippen LogP contribution in [0, 0.1) is 0 Å². The van der Waals surface area contributed by atoms with E-state index in [4.69, 9.17) is 4.74 Å². The fourth-order valence-corrected chi connectivity index (χ4v) is 1.83. The van der Waals surface area contributed by atoms with Crippen molar-refractivity contribution in [1.29, 1.82) is 0 Å². The van der Waals surface area contributed by atoms with Gasteiger partial charge in [0.25, 0.3) is 0 Å². The molecular weight excluding hydrogens is 236 g/mol. The number of benzene rings is 2. The van der Waals surface area contributed by atoms with Gasteiger partial charge in [0, 0.05) is 5.56 Å². The zero-order valence-electron chi connectivity index (χ0n) is 11.1. The normalized spacial score (nSPS) is 11.2. The maximum atomic E-state index is 12.1. The summed E-state index contributed by atoms with van der Waals surface area (Å²) in [6.07, 6.45) is 1.66. The van der Waals surface area contributed by atoms with E-state index in [9.17, 15) is 4.79 Å². The summed E-state index contributed by atoms with van der Waals surface area (Å²) in [5.74, 6) is 0.804. The number of hydrogen-bond donors (Lipinski definition) is 0. The standard InChI is InChI=1S/C17H16O2/c1-13(15-9-6-10-16(12-15)19-2)11-17(18)14-7-4-3-5-8-14/h3-12H,1-2H3/b13-11+. The summed E-state index contributed by atoms with van der Waals surface area (Å²) in [4.78, 5) is 12.1. The van der Waals surface area contributed by atoms with Crippen molar-refractivity contribution in [3.8, 4) is 5.75 Å². The smallest absolute Gasteiger partial charge is 0.186 e. The second-order valence-corrected chi connectivity index (χ2v) is 4.29. The first-order chi connectivity index (χ1) is 9.20. The highest BCUT2D eigenvalue weighted by Crippen LogP contribution is 2.20. The molecular formula is C17H16O2. The number of ketones is 1. The van der Waals surface area contributed by atoms with Crippen LogP contribution in [0.5, 0.6) is 5.75 Å². The van der Waals surface area contributed by atoms with Crippen LogP contribution in [0.15, 0.2) is 60.7 Å². The van der Waals surface area contributed by atoms with Crippen LogP contribution in [-0.4, -0.2) is 12.9 Å². The topological polar surface area (TPSA) is 26.3 Å². The molecule has 0 aliphatic heterocycles. The lowest BCUT2D eigenvalue weighted by Gasteiger charge is -2.04. The molecule has 2 aromatic carbocycles. The number of methoxy groups -OCH3 is 1. The molecule has 0 aliphatic carbocycles. The molecule has 0 radical (unpaired) electrons. The minimum atomic E-state index is 0.0147. The highest BCUT2D eigenvalue weighted by atomic mass is 16.5. The molecule has 0 bridgehead atoms. The highest BCUT2D eigenvalue weighted by molar-refractivity contribution is 6.08. The van der Waals surface area contributed by atoms with Crippen molar-refractivity contribution >= 4 is 11.4 Å². The van der Waals surface area contributed by atoms with Gasteiger partial charge in [0.2, 0.25) is 0 Å². The Morgan fingerprint density at radius 3 is 2.37 bits per heavy atom. The van der Waals surface area contributed by atoms with E-state index in [-0.39, 0.29) is 5.78 Å². The molecule has 2 rings (SSSR count). The molecule has 0 heterocycles. The predicted molar refractivity (Wildman–Crippen MR) is 77.4 cm³/mol. The Kier molecular flexibility index (Phi) is 4.14. The van der Waals surface area contributed by atoms with Crippen molar-refractivity contribution in [2.75, 3.05) is 7.11 Å². The van der Waals surface area contributed by atoms with Gasteiger partial charge in [-0.05, 0) is 36.3 Å². The molecule has 0 fully saturated rings. The van der Waals surface area contributed by atoms with Gasteiger partial charge in [0.05, 0.1) is 7.11 Å². The van der Waals surface area contributed by atoms with Gasteiger partial charge in [-0.25, -0.2) is 0 Å². The van der Waals surface area contributed by atoms with Crippen molar-refractivity contribution in [2.24, 2.45) is 0 Å². The average molecular weight is 252 g/mol.